The van der Waals surface area contributed by atoms with E-state index in [1.54, 1.807) is 10.9 Å². The van der Waals surface area contributed by atoms with Gasteiger partial charge in [-0.25, -0.2) is 0 Å². The van der Waals surface area contributed by atoms with Crippen molar-refractivity contribution in [2.24, 2.45) is 12.8 Å². The fourth-order valence-corrected chi connectivity index (χ4v) is 1.52. The van der Waals surface area contributed by atoms with Gasteiger partial charge in [-0.15, -0.1) is 0 Å². The van der Waals surface area contributed by atoms with E-state index < -0.39 is 0 Å². The molecule has 2 N–H and O–H groups in total. The van der Waals surface area contributed by atoms with E-state index in [1.165, 1.54) is 0 Å². The lowest BCUT2D eigenvalue weighted by Gasteiger charge is -1.98. The standard InChI is InChI=1S/C10H11N3O/c1-13-9-3-2-7(5-10(11)14)4-8(9)6-12-13/h2-4,6H,5H2,1H3,(H2,11,14). The summed E-state index contributed by atoms with van der Waals surface area (Å²) in [7, 11) is 1.89. The molecule has 0 bridgehead atoms. The van der Waals surface area contributed by atoms with Gasteiger partial charge in [0.05, 0.1) is 18.1 Å². The van der Waals surface area contributed by atoms with Crippen molar-refractivity contribution >= 4 is 16.8 Å². The molecule has 14 heavy (non-hydrogen) atoms. The second-order valence-electron chi connectivity index (χ2n) is 3.30. The molecule has 0 saturated heterocycles. The molecule has 0 atom stereocenters. The summed E-state index contributed by atoms with van der Waals surface area (Å²) in [5, 5.41) is 5.15. The second kappa shape index (κ2) is 3.14. The smallest absolute Gasteiger partial charge is 0.221 e. The van der Waals surface area contributed by atoms with Gasteiger partial charge in [-0.2, -0.15) is 5.10 Å². The van der Waals surface area contributed by atoms with Crippen molar-refractivity contribution < 1.29 is 4.79 Å². The first-order valence-corrected chi connectivity index (χ1v) is 4.36. The summed E-state index contributed by atoms with van der Waals surface area (Å²) in [5.74, 6) is -0.312. The van der Waals surface area contributed by atoms with Gasteiger partial charge in [0.1, 0.15) is 0 Å². The number of carbonyl (C=O) groups excluding carboxylic acids is 1. The number of hydrogen-bond acceptors (Lipinski definition) is 2. The van der Waals surface area contributed by atoms with E-state index in [9.17, 15) is 4.79 Å². The summed E-state index contributed by atoms with van der Waals surface area (Å²) < 4.78 is 1.80. The first-order chi connectivity index (χ1) is 6.66. The third-order valence-electron chi connectivity index (χ3n) is 2.19. The van der Waals surface area contributed by atoms with Crippen LogP contribution >= 0.6 is 0 Å². The number of benzene rings is 1. The largest absolute Gasteiger partial charge is 0.369 e. The maximum atomic E-state index is 10.7. The molecule has 72 valence electrons. The zero-order chi connectivity index (χ0) is 10.1. The highest BCUT2D eigenvalue weighted by Gasteiger charge is 2.02. The van der Waals surface area contributed by atoms with Crippen molar-refractivity contribution in [3.8, 4) is 0 Å². The average Bonchev–Trinajstić information content (AvgIpc) is 2.46. The molecule has 1 aromatic carbocycles. The van der Waals surface area contributed by atoms with Crippen LogP contribution in [0.5, 0.6) is 0 Å². The van der Waals surface area contributed by atoms with Crippen LogP contribution in [0, 0.1) is 0 Å². The minimum atomic E-state index is -0.312. The van der Waals surface area contributed by atoms with E-state index in [-0.39, 0.29) is 12.3 Å². The van der Waals surface area contributed by atoms with Crippen LogP contribution in [-0.2, 0) is 18.3 Å². The van der Waals surface area contributed by atoms with Gasteiger partial charge in [-0.1, -0.05) is 6.07 Å². The van der Waals surface area contributed by atoms with Crippen molar-refractivity contribution in [2.45, 2.75) is 6.42 Å². The number of fused-ring (bicyclic) bond motifs is 1. The van der Waals surface area contributed by atoms with Crippen LogP contribution in [0.3, 0.4) is 0 Å². The van der Waals surface area contributed by atoms with Crippen molar-refractivity contribution in [1.82, 2.24) is 9.78 Å². The molecule has 0 fully saturated rings. The molecule has 2 aromatic rings. The topological polar surface area (TPSA) is 60.9 Å². The van der Waals surface area contributed by atoms with Gasteiger partial charge >= 0.3 is 0 Å². The number of carbonyl (C=O) groups is 1. The lowest BCUT2D eigenvalue weighted by Crippen LogP contribution is -2.13. The second-order valence-corrected chi connectivity index (χ2v) is 3.30. The van der Waals surface area contributed by atoms with Crippen LogP contribution < -0.4 is 5.73 Å². The van der Waals surface area contributed by atoms with Gasteiger partial charge in [0.25, 0.3) is 0 Å². The zero-order valence-corrected chi connectivity index (χ0v) is 7.90. The molecular formula is C10H11N3O. The molecule has 0 spiro atoms. The first kappa shape index (κ1) is 8.74. The van der Waals surface area contributed by atoms with Gasteiger partial charge in [-0.3, -0.25) is 9.48 Å². The molecule has 1 amide bonds. The first-order valence-electron chi connectivity index (χ1n) is 4.36. The van der Waals surface area contributed by atoms with Crippen molar-refractivity contribution in [1.29, 1.82) is 0 Å². The van der Waals surface area contributed by atoms with Gasteiger partial charge in [-0.05, 0) is 17.7 Å². The van der Waals surface area contributed by atoms with Crippen LogP contribution in [-0.4, -0.2) is 15.7 Å². The zero-order valence-electron chi connectivity index (χ0n) is 7.90. The van der Waals surface area contributed by atoms with Crippen LogP contribution in [0.4, 0.5) is 0 Å². The molecule has 1 heterocycles. The van der Waals surface area contributed by atoms with Crippen LogP contribution in [0.2, 0.25) is 0 Å². The summed E-state index contributed by atoms with van der Waals surface area (Å²) >= 11 is 0. The number of nitrogens with two attached hydrogens (primary N) is 1. The number of rotatable bonds is 2. The van der Waals surface area contributed by atoms with Crippen LogP contribution in [0.1, 0.15) is 5.56 Å². The predicted octanol–water partition coefficient (Wildman–Crippen LogP) is 0.601. The van der Waals surface area contributed by atoms with Crippen LogP contribution in [0.25, 0.3) is 10.9 Å². The molecule has 0 unspecified atom stereocenters. The van der Waals surface area contributed by atoms with Crippen molar-refractivity contribution in [3.05, 3.63) is 30.0 Å². The molecule has 4 heteroatoms. The fourth-order valence-electron chi connectivity index (χ4n) is 1.52. The maximum Gasteiger partial charge on any atom is 0.221 e. The molecule has 4 nitrogen and oxygen atoms in total. The fraction of sp³-hybridized carbons (Fsp3) is 0.200. The van der Waals surface area contributed by atoms with E-state index in [0.29, 0.717) is 0 Å². The predicted molar refractivity (Wildman–Crippen MR) is 53.6 cm³/mol. The molecule has 0 aliphatic carbocycles. The average molecular weight is 189 g/mol. The Morgan fingerprint density at radius 1 is 1.57 bits per heavy atom. The van der Waals surface area contributed by atoms with E-state index in [1.807, 2.05) is 25.2 Å². The third-order valence-corrected chi connectivity index (χ3v) is 2.19. The highest BCUT2D eigenvalue weighted by Crippen LogP contribution is 2.14. The summed E-state index contributed by atoms with van der Waals surface area (Å²) in [6, 6.07) is 5.78. The Labute approximate surface area is 81.3 Å². The van der Waals surface area contributed by atoms with Gasteiger partial charge < -0.3 is 5.73 Å². The number of aryl methyl sites for hydroxylation is 1. The monoisotopic (exact) mass is 189 g/mol. The highest BCUT2D eigenvalue weighted by molar-refractivity contribution is 5.82. The van der Waals surface area contributed by atoms with E-state index in [2.05, 4.69) is 5.10 Å². The number of primary amides is 1. The third kappa shape index (κ3) is 1.46. The van der Waals surface area contributed by atoms with Gasteiger partial charge in [0.2, 0.25) is 5.91 Å². The van der Waals surface area contributed by atoms with E-state index >= 15 is 0 Å². The Balaban J connectivity index is 2.46. The van der Waals surface area contributed by atoms with Crippen molar-refractivity contribution in [2.75, 3.05) is 0 Å². The summed E-state index contributed by atoms with van der Waals surface area (Å²) in [6.45, 7) is 0. The van der Waals surface area contributed by atoms with E-state index in [4.69, 9.17) is 5.73 Å². The van der Waals surface area contributed by atoms with Crippen LogP contribution in [0.15, 0.2) is 24.4 Å². The minimum Gasteiger partial charge on any atom is -0.369 e. The Hall–Kier alpha value is -1.84. The summed E-state index contributed by atoms with van der Waals surface area (Å²) in [6.07, 6.45) is 2.06. The quantitative estimate of drug-likeness (QED) is 0.752. The van der Waals surface area contributed by atoms with Gasteiger partial charge in [0, 0.05) is 12.4 Å². The van der Waals surface area contributed by atoms with E-state index in [0.717, 1.165) is 16.5 Å². The molecule has 0 aliphatic heterocycles. The molecule has 0 radical (unpaired) electrons. The Morgan fingerprint density at radius 2 is 2.36 bits per heavy atom. The Bertz CT molecular complexity index is 487. The Morgan fingerprint density at radius 3 is 3.07 bits per heavy atom. The lowest BCUT2D eigenvalue weighted by atomic mass is 10.1. The summed E-state index contributed by atoms with van der Waals surface area (Å²) in [4.78, 5) is 10.7. The minimum absolute atomic E-state index is 0.283. The molecule has 1 aromatic heterocycles. The Kier molecular flexibility index (Phi) is 1.96. The SMILES string of the molecule is Cn1ncc2cc(CC(N)=O)ccc21. The number of nitrogens with zero attached hydrogens (tertiary/aromatic N) is 2. The highest BCUT2D eigenvalue weighted by atomic mass is 16.1. The summed E-state index contributed by atoms with van der Waals surface area (Å²) in [5.41, 5.74) is 7.10. The molecule has 0 aliphatic rings. The maximum absolute atomic E-state index is 10.7. The molecule has 2 rings (SSSR count). The van der Waals surface area contributed by atoms with Gasteiger partial charge in [0.15, 0.2) is 0 Å². The normalized spacial score (nSPS) is 10.6. The number of aromatic nitrogens is 2. The lowest BCUT2D eigenvalue weighted by molar-refractivity contribution is -0.117. The molecule has 0 saturated carbocycles. The number of hydrogen-bond donors (Lipinski definition) is 1. The number of amides is 1. The molecular weight excluding hydrogens is 178 g/mol. The van der Waals surface area contributed by atoms with Crippen molar-refractivity contribution in [3.63, 3.8) is 0 Å².